The molecule has 0 unspecified atom stereocenters. The van der Waals surface area contributed by atoms with Gasteiger partial charge in [-0.15, -0.1) is 0 Å². The van der Waals surface area contributed by atoms with E-state index in [4.69, 9.17) is 9.47 Å². The number of rotatable bonds is 7. The summed E-state index contributed by atoms with van der Waals surface area (Å²) in [5.41, 5.74) is 2.37. The predicted octanol–water partition coefficient (Wildman–Crippen LogP) is 3.34. The van der Waals surface area contributed by atoms with Crippen molar-refractivity contribution in [3.63, 3.8) is 0 Å². The second-order valence-corrected chi connectivity index (χ2v) is 9.87. The van der Waals surface area contributed by atoms with E-state index in [1.54, 1.807) is 12.1 Å². The largest absolute Gasteiger partial charge is 0.490 e. The Kier molecular flexibility index (Phi) is 6.57. The highest BCUT2D eigenvalue weighted by Gasteiger charge is 2.33. The van der Waals surface area contributed by atoms with E-state index in [9.17, 15) is 17.6 Å². The topological polar surface area (TPSA) is 72.9 Å². The van der Waals surface area contributed by atoms with Gasteiger partial charge in [0.1, 0.15) is 24.8 Å². The fraction of sp³-hybridized carbons (Fsp3) is 0.435. The lowest BCUT2D eigenvalue weighted by Crippen LogP contribution is -2.40. The highest BCUT2D eigenvalue weighted by molar-refractivity contribution is 7.89. The first-order valence-corrected chi connectivity index (χ1v) is 12.0. The van der Waals surface area contributed by atoms with Crippen LogP contribution < -0.4 is 4.74 Å². The number of piperidine rings is 1. The lowest BCUT2D eigenvalue weighted by Gasteiger charge is -2.30. The normalized spacial score (nSPS) is 17.3. The smallest absolute Gasteiger partial charge is 0.309 e. The van der Waals surface area contributed by atoms with Crippen LogP contribution >= 0.6 is 0 Å². The number of fused-ring (bicyclic) bond motifs is 1. The summed E-state index contributed by atoms with van der Waals surface area (Å²) in [7, 11) is -3.55. The maximum absolute atomic E-state index is 13.0. The zero-order valence-electron chi connectivity index (χ0n) is 17.3. The Morgan fingerprint density at radius 2 is 1.71 bits per heavy atom. The molecule has 31 heavy (non-hydrogen) atoms. The second kappa shape index (κ2) is 9.36. The molecular formula is C23H26FNO5S. The molecule has 0 N–H and O–H groups in total. The molecule has 0 amide bonds. The number of nitrogens with zero attached hydrogens (tertiary/aromatic N) is 1. The fourth-order valence-electron chi connectivity index (χ4n) is 4.14. The molecule has 1 heterocycles. The van der Waals surface area contributed by atoms with Gasteiger partial charge in [-0.2, -0.15) is 4.31 Å². The molecule has 2 aliphatic rings. The van der Waals surface area contributed by atoms with Crippen molar-refractivity contribution < 1.29 is 27.1 Å². The Bertz CT molecular complexity index is 1030. The van der Waals surface area contributed by atoms with Crippen LogP contribution in [0.3, 0.4) is 0 Å². The van der Waals surface area contributed by atoms with Crippen molar-refractivity contribution in [2.45, 2.75) is 37.0 Å². The maximum atomic E-state index is 13.0. The first-order chi connectivity index (χ1) is 14.9. The van der Waals surface area contributed by atoms with Crippen LogP contribution in [0.5, 0.6) is 5.75 Å². The van der Waals surface area contributed by atoms with E-state index in [1.165, 1.54) is 34.1 Å². The minimum Gasteiger partial charge on any atom is -0.490 e. The van der Waals surface area contributed by atoms with E-state index >= 15 is 0 Å². The first kappa shape index (κ1) is 21.8. The number of benzene rings is 2. The summed E-state index contributed by atoms with van der Waals surface area (Å²) in [6.45, 7) is 0.850. The summed E-state index contributed by atoms with van der Waals surface area (Å²) in [5.74, 6) is -0.500. The number of esters is 1. The molecule has 1 aliphatic heterocycles. The van der Waals surface area contributed by atoms with Gasteiger partial charge in [0, 0.05) is 13.1 Å². The molecule has 1 aliphatic carbocycles. The maximum Gasteiger partial charge on any atom is 0.309 e. The average Bonchev–Trinajstić information content (AvgIpc) is 3.26. The van der Waals surface area contributed by atoms with E-state index in [0.29, 0.717) is 36.6 Å². The van der Waals surface area contributed by atoms with Gasteiger partial charge < -0.3 is 9.47 Å². The number of aryl methyl sites for hydroxylation is 2. The number of ether oxygens (including phenoxy) is 2. The monoisotopic (exact) mass is 447 g/mol. The number of carbonyl (C=O) groups excluding carboxylic acids is 1. The third-order valence-corrected chi connectivity index (χ3v) is 7.80. The number of sulfonamides is 1. The molecule has 8 heteroatoms. The molecule has 0 atom stereocenters. The van der Waals surface area contributed by atoms with E-state index in [2.05, 4.69) is 0 Å². The van der Waals surface area contributed by atoms with Crippen molar-refractivity contribution in [1.82, 2.24) is 4.31 Å². The van der Waals surface area contributed by atoms with Gasteiger partial charge in [-0.1, -0.05) is 6.07 Å². The molecule has 1 saturated heterocycles. The van der Waals surface area contributed by atoms with Gasteiger partial charge in [0.15, 0.2) is 0 Å². The summed E-state index contributed by atoms with van der Waals surface area (Å²) in [5, 5.41) is 0. The number of halogens is 1. The van der Waals surface area contributed by atoms with Gasteiger partial charge in [0.05, 0.1) is 10.8 Å². The first-order valence-electron chi connectivity index (χ1n) is 10.6. The molecule has 1 fully saturated rings. The standard InChI is InChI=1S/C23H26FNO5S/c24-20-5-7-21(8-6-20)29-14-15-30-23(26)18-10-12-25(13-11-18)31(27,28)22-9-4-17-2-1-3-19(17)16-22/h4-9,16,18H,1-3,10-15H2. The van der Waals surface area contributed by atoms with Gasteiger partial charge in [-0.25, -0.2) is 12.8 Å². The molecule has 0 radical (unpaired) electrons. The Hall–Kier alpha value is -2.45. The Morgan fingerprint density at radius 1 is 1.00 bits per heavy atom. The summed E-state index contributed by atoms with van der Waals surface area (Å²) in [6, 6.07) is 11.0. The molecule has 4 rings (SSSR count). The van der Waals surface area contributed by atoms with E-state index in [-0.39, 0.29) is 30.9 Å². The lowest BCUT2D eigenvalue weighted by molar-refractivity contribution is -0.150. The van der Waals surface area contributed by atoms with Crippen LogP contribution in [-0.2, 0) is 32.4 Å². The number of hydrogen-bond acceptors (Lipinski definition) is 5. The molecule has 0 spiro atoms. The molecule has 0 aromatic heterocycles. The highest BCUT2D eigenvalue weighted by atomic mass is 32.2. The van der Waals surface area contributed by atoms with E-state index in [0.717, 1.165) is 24.8 Å². The summed E-state index contributed by atoms with van der Waals surface area (Å²) in [4.78, 5) is 12.7. The van der Waals surface area contributed by atoms with Crippen molar-refractivity contribution in [2.75, 3.05) is 26.3 Å². The van der Waals surface area contributed by atoms with Crippen LogP contribution in [0.25, 0.3) is 0 Å². The molecule has 2 aromatic carbocycles. The third-order valence-electron chi connectivity index (χ3n) is 5.91. The van der Waals surface area contributed by atoms with Crippen LogP contribution in [0, 0.1) is 11.7 Å². The van der Waals surface area contributed by atoms with Crippen LogP contribution in [0.15, 0.2) is 47.4 Å². The van der Waals surface area contributed by atoms with Crippen molar-refractivity contribution in [2.24, 2.45) is 5.92 Å². The van der Waals surface area contributed by atoms with Crippen LogP contribution in [0.4, 0.5) is 4.39 Å². The summed E-state index contributed by atoms with van der Waals surface area (Å²) >= 11 is 0. The predicted molar refractivity (Wildman–Crippen MR) is 113 cm³/mol. The van der Waals surface area contributed by atoms with Crippen molar-refractivity contribution in [3.05, 3.63) is 59.4 Å². The number of hydrogen-bond donors (Lipinski definition) is 0. The highest BCUT2D eigenvalue weighted by Crippen LogP contribution is 2.29. The zero-order chi connectivity index (χ0) is 21.8. The van der Waals surface area contributed by atoms with Gasteiger partial charge in [-0.3, -0.25) is 4.79 Å². The third kappa shape index (κ3) is 5.07. The van der Waals surface area contributed by atoms with E-state index in [1.807, 2.05) is 6.07 Å². The van der Waals surface area contributed by atoms with Crippen molar-refractivity contribution in [1.29, 1.82) is 0 Å². The van der Waals surface area contributed by atoms with Crippen molar-refractivity contribution in [3.8, 4) is 5.75 Å². The van der Waals surface area contributed by atoms with Gasteiger partial charge in [0.25, 0.3) is 0 Å². The van der Waals surface area contributed by atoms with Gasteiger partial charge in [-0.05, 0) is 79.6 Å². The molecule has 6 nitrogen and oxygen atoms in total. The van der Waals surface area contributed by atoms with E-state index < -0.39 is 10.0 Å². The molecule has 2 aromatic rings. The SMILES string of the molecule is O=C(OCCOc1ccc(F)cc1)C1CCN(S(=O)(=O)c2ccc3c(c2)CCC3)CC1. The zero-order valence-corrected chi connectivity index (χ0v) is 18.1. The minimum absolute atomic E-state index is 0.0872. The van der Waals surface area contributed by atoms with Crippen LogP contribution in [0.1, 0.15) is 30.4 Å². The Labute approximate surface area is 182 Å². The molecule has 0 bridgehead atoms. The van der Waals surface area contributed by atoms with Gasteiger partial charge >= 0.3 is 5.97 Å². The second-order valence-electron chi connectivity index (χ2n) is 7.93. The molecule has 0 saturated carbocycles. The van der Waals surface area contributed by atoms with Crippen molar-refractivity contribution >= 4 is 16.0 Å². The number of carbonyl (C=O) groups is 1. The fourth-order valence-corrected chi connectivity index (χ4v) is 5.66. The molecule has 166 valence electrons. The lowest BCUT2D eigenvalue weighted by atomic mass is 9.98. The Morgan fingerprint density at radius 3 is 2.45 bits per heavy atom. The van der Waals surface area contributed by atoms with Crippen LogP contribution in [-0.4, -0.2) is 45.0 Å². The average molecular weight is 448 g/mol. The van der Waals surface area contributed by atoms with Crippen LogP contribution in [0.2, 0.25) is 0 Å². The minimum atomic E-state index is -3.55. The summed E-state index contributed by atoms with van der Waals surface area (Å²) < 4.78 is 51.0. The quantitative estimate of drug-likeness (QED) is 0.481. The Balaban J connectivity index is 1.24. The summed E-state index contributed by atoms with van der Waals surface area (Å²) in [6.07, 6.45) is 3.88. The van der Waals surface area contributed by atoms with Gasteiger partial charge in [0.2, 0.25) is 10.0 Å². The molecular weight excluding hydrogens is 421 g/mol.